The second-order valence-corrected chi connectivity index (χ2v) is 7.36. The van der Waals surface area contributed by atoms with E-state index in [0.717, 1.165) is 4.47 Å². The molecular weight excluding hydrogens is 436 g/mol. The van der Waals surface area contributed by atoms with Crippen LogP contribution in [0.5, 0.6) is 0 Å². The molecule has 0 radical (unpaired) electrons. The van der Waals surface area contributed by atoms with Gasteiger partial charge in [0, 0.05) is 28.8 Å². The fourth-order valence-corrected chi connectivity index (χ4v) is 3.35. The van der Waals surface area contributed by atoms with Crippen LogP contribution >= 0.6 is 15.9 Å². The zero-order chi connectivity index (χ0) is 21.0. The molecule has 0 atom stereocenters. The fraction of sp³-hybridized carbons (Fsp3) is 0.238. The molecule has 0 saturated heterocycles. The predicted molar refractivity (Wildman–Crippen MR) is 116 cm³/mol. The molecule has 1 aromatic heterocycles. The number of carbonyl (C=O) groups excluding carboxylic acids is 2. The largest absolute Gasteiger partial charge is 0.339 e. The van der Waals surface area contributed by atoms with E-state index in [1.807, 2.05) is 13.8 Å². The number of nitrogens with one attached hydrogen (secondary N) is 1. The molecule has 0 aliphatic rings. The van der Waals surface area contributed by atoms with Gasteiger partial charge in [0.15, 0.2) is 0 Å². The third-order valence-electron chi connectivity index (χ3n) is 4.57. The molecule has 2 amide bonds. The number of fused-ring (bicyclic) bond motifs is 1. The maximum atomic E-state index is 12.6. The summed E-state index contributed by atoms with van der Waals surface area (Å²) >= 11 is 3.34. The van der Waals surface area contributed by atoms with Crippen molar-refractivity contribution < 1.29 is 9.59 Å². The molecule has 0 spiro atoms. The van der Waals surface area contributed by atoms with E-state index in [4.69, 9.17) is 0 Å². The lowest BCUT2D eigenvalue weighted by molar-refractivity contribution is -0.116. The van der Waals surface area contributed by atoms with Crippen molar-refractivity contribution in [1.82, 2.24) is 14.5 Å². The van der Waals surface area contributed by atoms with Crippen LogP contribution in [0.25, 0.3) is 10.9 Å². The van der Waals surface area contributed by atoms with Crippen LogP contribution in [0.3, 0.4) is 0 Å². The van der Waals surface area contributed by atoms with Crippen LogP contribution < -0.4 is 10.9 Å². The van der Waals surface area contributed by atoms with Crippen molar-refractivity contribution in [2.24, 2.45) is 0 Å². The highest BCUT2D eigenvalue weighted by atomic mass is 79.9. The number of hydrogen-bond acceptors (Lipinski definition) is 4. The molecule has 0 aliphatic carbocycles. The molecule has 29 heavy (non-hydrogen) atoms. The Morgan fingerprint density at radius 3 is 2.45 bits per heavy atom. The Labute approximate surface area is 176 Å². The van der Waals surface area contributed by atoms with Crippen molar-refractivity contribution in [2.45, 2.75) is 20.4 Å². The molecule has 2 aromatic carbocycles. The monoisotopic (exact) mass is 456 g/mol. The van der Waals surface area contributed by atoms with Gasteiger partial charge in [0.1, 0.15) is 6.54 Å². The Morgan fingerprint density at radius 1 is 1.10 bits per heavy atom. The van der Waals surface area contributed by atoms with Crippen LogP contribution in [-0.2, 0) is 11.3 Å². The summed E-state index contributed by atoms with van der Waals surface area (Å²) in [5.74, 6) is -0.404. The summed E-state index contributed by atoms with van der Waals surface area (Å²) in [6.07, 6.45) is 1.37. The Balaban J connectivity index is 1.71. The lowest BCUT2D eigenvalue weighted by Crippen LogP contribution is -2.30. The molecule has 1 N–H and O–H groups in total. The SMILES string of the molecule is CCN(CC)C(=O)c1ccc(NC(=O)Cn2cnc3ccc(Br)cc3c2=O)cc1. The van der Waals surface area contributed by atoms with Crippen LogP contribution in [0.1, 0.15) is 24.2 Å². The lowest BCUT2D eigenvalue weighted by atomic mass is 10.1. The van der Waals surface area contributed by atoms with Crippen molar-refractivity contribution in [1.29, 1.82) is 0 Å². The highest BCUT2D eigenvalue weighted by Crippen LogP contribution is 2.15. The maximum absolute atomic E-state index is 12.6. The number of hydrogen-bond donors (Lipinski definition) is 1. The zero-order valence-corrected chi connectivity index (χ0v) is 17.8. The fourth-order valence-electron chi connectivity index (χ4n) is 2.99. The molecule has 0 aliphatic heterocycles. The standard InChI is InChI=1S/C21H21BrN4O3/c1-3-25(4-2)20(28)14-5-8-16(9-6-14)24-19(27)12-26-13-23-18-10-7-15(22)11-17(18)21(26)29/h5-11,13H,3-4,12H2,1-2H3,(H,24,27). The highest BCUT2D eigenvalue weighted by Gasteiger charge is 2.13. The molecule has 150 valence electrons. The third-order valence-corrected chi connectivity index (χ3v) is 5.06. The van der Waals surface area contributed by atoms with E-state index < -0.39 is 0 Å². The first-order valence-electron chi connectivity index (χ1n) is 9.26. The van der Waals surface area contributed by atoms with E-state index >= 15 is 0 Å². The normalized spacial score (nSPS) is 10.7. The summed E-state index contributed by atoms with van der Waals surface area (Å²) in [5.41, 5.74) is 1.40. The number of rotatable bonds is 6. The van der Waals surface area contributed by atoms with E-state index in [0.29, 0.717) is 35.2 Å². The molecule has 3 aromatic rings. The average Bonchev–Trinajstić information content (AvgIpc) is 2.72. The second-order valence-electron chi connectivity index (χ2n) is 6.44. The van der Waals surface area contributed by atoms with Gasteiger partial charge < -0.3 is 10.2 Å². The lowest BCUT2D eigenvalue weighted by Gasteiger charge is -2.18. The molecule has 1 heterocycles. The van der Waals surface area contributed by atoms with Gasteiger partial charge in [-0.3, -0.25) is 19.0 Å². The van der Waals surface area contributed by atoms with Gasteiger partial charge in [-0.2, -0.15) is 0 Å². The van der Waals surface area contributed by atoms with Crippen LogP contribution in [0, 0.1) is 0 Å². The van der Waals surface area contributed by atoms with Crippen molar-refractivity contribution in [3.05, 3.63) is 69.2 Å². The third kappa shape index (κ3) is 4.71. The molecule has 0 saturated carbocycles. The van der Waals surface area contributed by atoms with Gasteiger partial charge in [-0.25, -0.2) is 4.98 Å². The minimum absolute atomic E-state index is 0.0483. The summed E-state index contributed by atoms with van der Waals surface area (Å²) in [6.45, 7) is 4.98. The number of benzene rings is 2. The molecule has 7 nitrogen and oxygen atoms in total. The Kier molecular flexibility index (Phi) is 6.43. The summed E-state index contributed by atoms with van der Waals surface area (Å²) < 4.78 is 2.04. The summed E-state index contributed by atoms with van der Waals surface area (Å²) in [5, 5.41) is 3.18. The van der Waals surface area contributed by atoms with Crippen LogP contribution in [0.15, 0.2) is 58.1 Å². The van der Waals surface area contributed by atoms with Gasteiger partial charge in [-0.05, 0) is 56.3 Å². The van der Waals surface area contributed by atoms with Gasteiger partial charge in [0.25, 0.3) is 11.5 Å². The zero-order valence-electron chi connectivity index (χ0n) is 16.2. The summed E-state index contributed by atoms with van der Waals surface area (Å²) in [6, 6.07) is 11.9. The summed E-state index contributed by atoms with van der Waals surface area (Å²) in [7, 11) is 0. The van der Waals surface area contributed by atoms with E-state index in [2.05, 4.69) is 26.2 Å². The Morgan fingerprint density at radius 2 is 1.79 bits per heavy atom. The molecule has 0 bridgehead atoms. The van der Waals surface area contributed by atoms with Gasteiger partial charge >= 0.3 is 0 Å². The van der Waals surface area contributed by atoms with Crippen molar-refractivity contribution in [3.8, 4) is 0 Å². The first-order chi connectivity index (χ1) is 13.9. The number of amides is 2. The van der Waals surface area contributed by atoms with Crippen molar-refractivity contribution in [3.63, 3.8) is 0 Å². The molecule has 3 rings (SSSR count). The molecule has 0 unspecified atom stereocenters. The smallest absolute Gasteiger partial charge is 0.261 e. The molecule has 0 fully saturated rings. The topological polar surface area (TPSA) is 84.3 Å². The second kappa shape index (κ2) is 9.00. The number of aromatic nitrogens is 2. The first kappa shape index (κ1) is 20.7. The van der Waals surface area contributed by atoms with E-state index in [9.17, 15) is 14.4 Å². The minimum Gasteiger partial charge on any atom is -0.339 e. The van der Waals surface area contributed by atoms with Crippen molar-refractivity contribution in [2.75, 3.05) is 18.4 Å². The van der Waals surface area contributed by atoms with E-state index in [1.54, 1.807) is 47.4 Å². The van der Waals surface area contributed by atoms with Gasteiger partial charge in [0.2, 0.25) is 5.91 Å². The van der Waals surface area contributed by atoms with Crippen molar-refractivity contribution >= 4 is 44.3 Å². The number of anilines is 1. The van der Waals surface area contributed by atoms with Gasteiger partial charge in [0.05, 0.1) is 17.2 Å². The quantitative estimate of drug-likeness (QED) is 0.616. The number of halogens is 1. The maximum Gasteiger partial charge on any atom is 0.261 e. The molecular formula is C21H21BrN4O3. The number of carbonyl (C=O) groups is 2. The van der Waals surface area contributed by atoms with Gasteiger partial charge in [-0.1, -0.05) is 15.9 Å². The van der Waals surface area contributed by atoms with E-state index in [1.165, 1.54) is 10.9 Å². The van der Waals surface area contributed by atoms with Gasteiger partial charge in [-0.15, -0.1) is 0 Å². The minimum atomic E-state index is -0.355. The van der Waals surface area contributed by atoms with Crippen LogP contribution in [0.4, 0.5) is 5.69 Å². The van der Waals surface area contributed by atoms with E-state index in [-0.39, 0.29) is 23.9 Å². The first-order valence-corrected chi connectivity index (χ1v) is 10.1. The Hall–Kier alpha value is -3.00. The van der Waals surface area contributed by atoms with Crippen LogP contribution in [-0.4, -0.2) is 39.4 Å². The predicted octanol–water partition coefficient (Wildman–Crippen LogP) is 3.28. The average molecular weight is 457 g/mol. The number of nitrogens with zero attached hydrogens (tertiary/aromatic N) is 3. The Bertz CT molecular complexity index is 1110. The highest BCUT2D eigenvalue weighted by molar-refractivity contribution is 9.10. The summed E-state index contributed by atoms with van der Waals surface area (Å²) in [4.78, 5) is 43.3. The van der Waals surface area contributed by atoms with Crippen LogP contribution in [0.2, 0.25) is 0 Å². The molecule has 8 heteroatoms.